The maximum Gasteiger partial charge on any atom is 0.236 e. The number of anilines is 1. The first-order chi connectivity index (χ1) is 14.7. The quantitative estimate of drug-likeness (QED) is 0.526. The molecule has 1 saturated heterocycles. The van der Waals surface area contributed by atoms with E-state index in [4.69, 9.17) is 4.74 Å². The molecule has 1 aromatic carbocycles. The number of amides is 1. The summed E-state index contributed by atoms with van der Waals surface area (Å²) in [5, 5.41) is 4.19. The molecule has 1 amide bonds. The number of thiophene rings is 2. The molecule has 5 nitrogen and oxygen atoms in total. The second kappa shape index (κ2) is 10.1. The van der Waals surface area contributed by atoms with Gasteiger partial charge in [0.2, 0.25) is 5.91 Å². The number of para-hydroxylation sites is 2. The Balaban J connectivity index is 1.36. The van der Waals surface area contributed by atoms with Crippen LogP contribution >= 0.6 is 22.7 Å². The summed E-state index contributed by atoms with van der Waals surface area (Å²) in [7, 11) is 1.70. The Bertz CT molecular complexity index is 884. The third-order valence-electron chi connectivity index (χ3n) is 5.34. The average Bonchev–Trinajstić information content (AvgIpc) is 3.48. The lowest BCUT2D eigenvalue weighted by molar-refractivity contribution is -0.133. The molecule has 158 valence electrons. The van der Waals surface area contributed by atoms with Gasteiger partial charge in [-0.25, -0.2) is 0 Å². The summed E-state index contributed by atoms with van der Waals surface area (Å²) in [6.07, 6.45) is 0. The zero-order valence-electron chi connectivity index (χ0n) is 17.2. The minimum Gasteiger partial charge on any atom is -0.495 e. The van der Waals surface area contributed by atoms with Gasteiger partial charge in [0.25, 0.3) is 0 Å². The number of carbonyl (C=O) groups is 1. The fourth-order valence-electron chi connectivity index (χ4n) is 3.79. The van der Waals surface area contributed by atoms with E-state index in [1.807, 2.05) is 23.1 Å². The molecule has 4 rings (SSSR count). The maximum atomic E-state index is 13.1. The maximum absolute atomic E-state index is 13.1. The fourth-order valence-corrected chi connectivity index (χ4v) is 5.28. The molecule has 0 spiro atoms. The van der Waals surface area contributed by atoms with Crippen molar-refractivity contribution in [1.29, 1.82) is 0 Å². The van der Waals surface area contributed by atoms with E-state index in [1.165, 1.54) is 9.75 Å². The number of benzene rings is 1. The summed E-state index contributed by atoms with van der Waals surface area (Å²) in [5.41, 5.74) is 1.10. The third kappa shape index (κ3) is 5.22. The molecular weight excluding hydrogens is 414 g/mol. The van der Waals surface area contributed by atoms with Crippen LogP contribution < -0.4 is 9.64 Å². The van der Waals surface area contributed by atoms with Gasteiger partial charge in [-0.3, -0.25) is 9.69 Å². The van der Waals surface area contributed by atoms with E-state index < -0.39 is 0 Å². The molecule has 3 aromatic rings. The largest absolute Gasteiger partial charge is 0.495 e. The van der Waals surface area contributed by atoms with Crippen molar-refractivity contribution in [2.45, 2.75) is 13.1 Å². The highest BCUT2D eigenvalue weighted by Gasteiger charge is 2.24. The summed E-state index contributed by atoms with van der Waals surface area (Å²) in [6, 6.07) is 16.5. The van der Waals surface area contributed by atoms with Gasteiger partial charge in [-0.1, -0.05) is 24.3 Å². The van der Waals surface area contributed by atoms with Crippen LogP contribution in [0.5, 0.6) is 5.75 Å². The van der Waals surface area contributed by atoms with E-state index in [9.17, 15) is 4.79 Å². The van der Waals surface area contributed by atoms with Crippen LogP contribution in [0.2, 0.25) is 0 Å². The minimum atomic E-state index is 0.211. The Morgan fingerprint density at radius 3 is 2.13 bits per heavy atom. The summed E-state index contributed by atoms with van der Waals surface area (Å²) >= 11 is 3.49. The van der Waals surface area contributed by atoms with Crippen LogP contribution in [-0.2, 0) is 17.9 Å². The van der Waals surface area contributed by atoms with Crippen LogP contribution in [0, 0.1) is 0 Å². The molecule has 0 aliphatic carbocycles. The minimum absolute atomic E-state index is 0.211. The van der Waals surface area contributed by atoms with Crippen molar-refractivity contribution < 1.29 is 9.53 Å². The molecule has 1 fully saturated rings. The lowest BCUT2D eigenvalue weighted by atomic mass is 10.2. The molecule has 0 unspecified atom stereocenters. The van der Waals surface area contributed by atoms with Crippen LogP contribution in [0.25, 0.3) is 0 Å². The van der Waals surface area contributed by atoms with Crippen molar-refractivity contribution in [3.63, 3.8) is 0 Å². The van der Waals surface area contributed by atoms with Crippen molar-refractivity contribution in [3.8, 4) is 5.75 Å². The number of hydrogen-bond donors (Lipinski definition) is 0. The van der Waals surface area contributed by atoms with E-state index >= 15 is 0 Å². The normalized spacial score (nSPS) is 14.3. The second-order valence-corrected chi connectivity index (χ2v) is 9.41. The molecule has 7 heteroatoms. The highest BCUT2D eigenvalue weighted by Crippen LogP contribution is 2.28. The fraction of sp³-hybridized carbons (Fsp3) is 0.348. The van der Waals surface area contributed by atoms with Gasteiger partial charge in [-0.05, 0) is 35.0 Å². The molecule has 0 atom stereocenters. The van der Waals surface area contributed by atoms with Gasteiger partial charge in [0, 0.05) is 49.0 Å². The molecule has 1 aliphatic rings. The monoisotopic (exact) mass is 441 g/mol. The zero-order chi connectivity index (χ0) is 20.8. The van der Waals surface area contributed by atoms with E-state index in [0.717, 1.165) is 50.7 Å². The lowest BCUT2D eigenvalue weighted by Gasteiger charge is -2.37. The SMILES string of the molecule is COc1ccccc1N1CCN(C(=O)CN(Cc2cccs2)Cc2cccs2)CC1. The number of piperazine rings is 1. The van der Waals surface area contributed by atoms with Crippen LogP contribution in [0.15, 0.2) is 59.3 Å². The van der Waals surface area contributed by atoms with Crippen molar-refractivity contribution in [1.82, 2.24) is 9.80 Å². The standard InChI is InChI=1S/C23H27N3O2S2/c1-28-22-9-3-2-8-21(22)25-10-12-26(13-11-25)23(27)18-24(16-19-6-4-14-29-19)17-20-7-5-15-30-20/h2-9,14-15H,10-13,16-18H2,1H3. The summed E-state index contributed by atoms with van der Waals surface area (Å²) in [4.78, 5) is 22.2. The zero-order valence-corrected chi connectivity index (χ0v) is 18.8. The van der Waals surface area contributed by atoms with Gasteiger partial charge in [0.05, 0.1) is 19.3 Å². The number of methoxy groups -OCH3 is 1. The van der Waals surface area contributed by atoms with Gasteiger partial charge in [0.1, 0.15) is 5.75 Å². The van der Waals surface area contributed by atoms with E-state index in [2.05, 4.69) is 50.9 Å². The average molecular weight is 442 g/mol. The first kappa shape index (κ1) is 20.9. The van der Waals surface area contributed by atoms with E-state index in [0.29, 0.717) is 6.54 Å². The topological polar surface area (TPSA) is 36.0 Å². The van der Waals surface area contributed by atoms with Gasteiger partial charge >= 0.3 is 0 Å². The molecule has 0 radical (unpaired) electrons. The molecule has 30 heavy (non-hydrogen) atoms. The molecule has 3 heterocycles. The van der Waals surface area contributed by atoms with Crippen LogP contribution in [0.4, 0.5) is 5.69 Å². The highest BCUT2D eigenvalue weighted by molar-refractivity contribution is 7.10. The Morgan fingerprint density at radius 1 is 0.933 bits per heavy atom. The van der Waals surface area contributed by atoms with Crippen molar-refractivity contribution in [3.05, 3.63) is 69.0 Å². The smallest absolute Gasteiger partial charge is 0.236 e. The number of rotatable bonds is 8. The van der Waals surface area contributed by atoms with Gasteiger partial charge < -0.3 is 14.5 Å². The lowest BCUT2D eigenvalue weighted by Crippen LogP contribution is -2.51. The predicted octanol–water partition coefficient (Wildman–Crippen LogP) is 4.17. The van der Waals surface area contributed by atoms with E-state index in [1.54, 1.807) is 29.8 Å². The van der Waals surface area contributed by atoms with Crippen molar-refractivity contribution in [2.75, 3.05) is 44.7 Å². The van der Waals surface area contributed by atoms with Gasteiger partial charge in [-0.15, -0.1) is 22.7 Å². The third-order valence-corrected chi connectivity index (χ3v) is 7.06. The first-order valence-corrected chi connectivity index (χ1v) is 11.9. The Kier molecular flexibility index (Phi) is 7.04. The molecular formula is C23H27N3O2S2. The van der Waals surface area contributed by atoms with Gasteiger partial charge in [-0.2, -0.15) is 0 Å². The Morgan fingerprint density at radius 2 is 1.57 bits per heavy atom. The first-order valence-electron chi connectivity index (χ1n) is 10.2. The molecule has 2 aromatic heterocycles. The number of nitrogens with zero attached hydrogens (tertiary/aromatic N) is 3. The number of carbonyl (C=O) groups excluding carboxylic acids is 1. The van der Waals surface area contributed by atoms with Crippen LogP contribution in [0.3, 0.4) is 0 Å². The summed E-state index contributed by atoms with van der Waals surface area (Å²) in [5.74, 6) is 1.10. The predicted molar refractivity (Wildman–Crippen MR) is 125 cm³/mol. The number of hydrogen-bond acceptors (Lipinski definition) is 6. The van der Waals surface area contributed by atoms with Crippen molar-refractivity contribution in [2.24, 2.45) is 0 Å². The molecule has 0 saturated carbocycles. The Hall–Kier alpha value is -2.35. The van der Waals surface area contributed by atoms with E-state index in [-0.39, 0.29) is 5.91 Å². The summed E-state index contributed by atoms with van der Waals surface area (Å²) < 4.78 is 5.50. The molecule has 0 bridgehead atoms. The molecule has 0 N–H and O–H groups in total. The second-order valence-electron chi connectivity index (χ2n) is 7.34. The summed E-state index contributed by atoms with van der Waals surface area (Å²) in [6.45, 7) is 5.19. The number of ether oxygens (including phenoxy) is 1. The van der Waals surface area contributed by atoms with Crippen molar-refractivity contribution >= 4 is 34.3 Å². The van der Waals surface area contributed by atoms with Gasteiger partial charge in [0.15, 0.2) is 0 Å². The van der Waals surface area contributed by atoms with Crippen LogP contribution in [-0.4, -0.2) is 55.5 Å². The highest BCUT2D eigenvalue weighted by atomic mass is 32.1. The van der Waals surface area contributed by atoms with Crippen LogP contribution in [0.1, 0.15) is 9.75 Å². The Labute approximate surface area is 186 Å². The molecule has 1 aliphatic heterocycles.